The predicted molar refractivity (Wildman–Crippen MR) is 81.9 cm³/mol. The van der Waals surface area contributed by atoms with Crippen LogP contribution >= 0.6 is 0 Å². The van der Waals surface area contributed by atoms with Crippen LogP contribution < -0.4 is 5.32 Å². The van der Waals surface area contributed by atoms with Crippen molar-refractivity contribution in [2.45, 2.75) is 18.9 Å². The molecular weight excluding hydrogens is 278 g/mol. The van der Waals surface area contributed by atoms with Gasteiger partial charge in [-0.3, -0.25) is 4.79 Å². The fourth-order valence-electron chi connectivity index (χ4n) is 2.13. The van der Waals surface area contributed by atoms with E-state index in [9.17, 15) is 4.79 Å². The molecule has 0 radical (unpaired) electrons. The van der Waals surface area contributed by atoms with E-state index >= 15 is 0 Å². The maximum Gasteiger partial charge on any atom is 0.270 e. The Hall–Kier alpha value is -2.71. The predicted octanol–water partition coefficient (Wildman–Crippen LogP) is 2.20. The fourth-order valence-corrected chi connectivity index (χ4v) is 2.13. The number of nitrogens with one attached hydrogen (secondary N) is 1. The zero-order chi connectivity index (χ0) is 15.8. The Balaban J connectivity index is 2.12. The summed E-state index contributed by atoms with van der Waals surface area (Å²) in [5.41, 5.74) is 1.67. The molecule has 1 heterocycles. The van der Waals surface area contributed by atoms with Crippen LogP contribution in [0.2, 0.25) is 0 Å². The maximum atomic E-state index is 12.3. The van der Waals surface area contributed by atoms with E-state index in [4.69, 9.17) is 10.4 Å². The Bertz CT molecular complexity index is 648. The van der Waals surface area contributed by atoms with Gasteiger partial charge in [0.2, 0.25) is 0 Å². The molecule has 1 amide bonds. The number of aliphatic hydroxyl groups is 1. The minimum atomic E-state index is -0.295. The number of nitriles is 1. The highest BCUT2D eigenvalue weighted by Crippen LogP contribution is 2.18. The minimum absolute atomic E-state index is 0.0777. The molecule has 2 aromatic rings. The molecule has 0 spiro atoms. The summed E-state index contributed by atoms with van der Waals surface area (Å²) < 4.78 is 0. The van der Waals surface area contributed by atoms with Gasteiger partial charge in [-0.05, 0) is 30.5 Å². The van der Waals surface area contributed by atoms with Gasteiger partial charge in [-0.25, -0.2) is 4.98 Å². The van der Waals surface area contributed by atoms with Crippen molar-refractivity contribution >= 4 is 5.91 Å². The van der Waals surface area contributed by atoms with Gasteiger partial charge in [0.25, 0.3) is 5.91 Å². The molecule has 112 valence electrons. The Morgan fingerprint density at radius 1 is 1.27 bits per heavy atom. The van der Waals surface area contributed by atoms with Crippen molar-refractivity contribution < 1.29 is 9.90 Å². The van der Waals surface area contributed by atoms with E-state index < -0.39 is 0 Å². The summed E-state index contributed by atoms with van der Waals surface area (Å²) in [5.74, 6) is -0.295. The Kier molecular flexibility index (Phi) is 5.64. The molecule has 1 atom stereocenters. The molecule has 0 fully saturated rings. The number of aliphatic hydroxyl groups excluding tert-OH is 1. The van der Waals surface area contributed by atoms with Crippen molar-refractivity contribution in [1.82, 2.24) is 10.3 Å². The topological polar surface area (TPSA) is 86.0 Å². The third kappa shape index (κ3) is 4.14. The first-order valence-electron chi connectivity index (χ1n) is 7.07. The molecule has 5 heteroatoms. The van der Waals surface area contributed by atoms with Crippen molar-refractivity contribution in [3.63, 3.8) is 0 Å². The van der Waals surface area contributed by atoms with Crippen molar-refractivity contribution in [2.24, 2.45) is 0 Å². The van der Waals surface area contributed by atoms with Crippen LogP contribution in [-0.4, -0.2) is 22.6 Å². The van der Waals surface area contributed by atoms with Crippen molar-refractivity contribution in [3.05, 3.63) is 65.5 Å². The largest absolute Gasteiger partial charge is 0.396 e. The quantitative estimate of drug-likeness (QED) is 0.855. The Labute approximate surface area is 129 Å². The van der Waals surface area contributed by atoms with Gasteiger partial charge in [0, 0.05) is 12.8 Å². The van der Waals surface area contributed by atoms with Crippen molar-refractivity contribution in [3.8, 4) is 6.07 Å². The highest BCUT2D eigenvalue weighted by molar-refractivity contribution is 5.92. The normalized spacial score (nSPS) is 11.5. The van der Waals surface area contributed by atoms with E-state index in [-0.39, 0.29) is 24.2 Å². The molecule has 1 unspecified atom stereocenters. The lowest BCUT2D eigenvalue weighted by atomic mass is 10.0. The van der Waals surface area contributed by atoms with Gasteiger partial charge in [-0.1, -0.05) is 30.3 Å². The lowest BCUT2D eigenvalue weighted by Crippen LogP contribution is -2.29. The summed E-state index contributed by atoms with van der Waals surface area (Å²) in [6, 6.07) is 14.5. The molecule has 1 aromatic heterocycles. The molecule has 0 aliphatic heterocycles. The number of carbonyl (C=O) groups is 1. The average Bonchev–Trinajstić information content (AvgIpc) is 2.59. The summed E-state index contributed by atoms with van der Waals surface area (Å²) >= 11 is 0. The van der Waals surface area contributed by atoms with Crippen LogP contribution in [0.25, 0.3) is 0 Å². The Morgan fingerprint density at radius 3 is 2.64 bits per heavy atom. The number of amides is 1. The maximum absolute atomic E-state index is 12.3. The second kappa shape index (κ2) is 7.91. The van der Waals surface area contributed by atoms with Gasteiger partial charge >= 0.3 is 0 Å². The standard InChI is InChI=1S/C17H17N3O2/c18-11-13-8-9-16(19-12-13)17(22)20-15(7-4-10-21)14-5-2-1-3-6-14/h1-3,5-6,8-9,12,15,21H,4,7,10H2,(H,20,22). The number of nitrogens with zero attached hydrogens (tertiary/aromatic N) is 2. The smallest absolute Gasteiger partial charge is 0.270 e. The number of rotatable bonds is 6. The van der Waals surface area contributed by atoms with Crippen molar-refractivity contribution in [1.29, 1.82) is 5.26 Å². The SMILES string of the molecule is N#Cc1ccc(C(=O)NC(CCCO)c2ccccc2)nc1. The van der Waals surface area contributed by atoms with Crippen LogP contribution in [0.4, 0.5) is 0 Å². The lowest BCUT2D eigenvalue weighted by Gasteiger charge is -2.18. The first-order valence-corrected chi connectivity index (χ1v) is 7.07. The molecule has 5 nitrogen and oxygen atoms in total. The number of hydrogen-bond donors (Lipinski definition) is 2. The molecule has 0 saturated heterocycles. The Morgan fingerprint density at radius 2 is 2.05 bits per heavy atom. The van der Waals surface area contributed by atoms with E-state index in [1.54, 1.807) is 6.07 Å². The number of aromatic nitrogens is 1. The van der Waals surface area contributed by atoms with Gasteiger partial charge in [0.1, 0.15) is 11.8 Å². The molecule has 0 aliphatic carbocycles. The first-order chi connectivity index (χ1) is 10.7. The van der Waals surface area contributed by atoms with Crippen LogP contribution in [0.3, 0.4) is 0 Å². The van der Waals surface area contributed by atoms with E-state index in [2.05, 4.69) is 10.3 Å². The van der Waals surface area contributed by atoms with Gasteiger partial charge in [0.05, 0.1) is 11.6 Å². The second-order valence-corrected chi connectivity index (χ2v) is 4.85. The zero-order valence-corrected chi connectivity index (χ0v) is 12.1. The van der Waals surface area contributed by atoms with Crippen LogP contribution in [0.1, 0.15) is 40.5 Å². The fraction of sp³-hybridized carbons (Fsp3) is 0.235. The number of hydrogen-bond acceptors (Lipinski definition) is 4. The third-order valence-electron chi connectivity index (χ3n) is 3.28. The zero-order valence-electron chi connectivity index (χ0n) is 12.1. The van der Waals surface area contributed by atoms with E-state index in [1.807, 2.05) is 36.4 Å². The molecule has 2 N–H and O–H groups in total. The number of pyridine rings is 1. The highest BCUT2D eigenvalue weighted by atomic mass is 16.3. The van der Waals surface area contributed by atoms with Gasteiger partial charge in [-0.2, -0.15) is 5.26 Å². The first kappa shape index (κ1) is 15.7. The van der Waals surface area contributed by atoms with Crippen LogP contribution in [-0.2, 0) is 0 Å². The summed E-state index contributed by atoms with van der Waals surface area (Å²) in [6.07, 6.45) is 2.61. The number of carbonyl (C=O) groups excluding carboxylic acids is 1. The molecule has 2 rings (SSSR count). The summed E-state index contributed by atoms with van der Waals surface area (Å²) in [5, 5.41) is 20.7. The highest BCUT2D eigenvalue weighted by Gasteiger charge is 2.16. The molecule has 22 heavy (non-hydrogen) atoms. The van der Waals surface area contributed by atoms with Gasteiger partial charge in [0.15, 0.2) is 0 Å². The van der Waals surface area contributed by atoms with Gasteiger partial charge in [-0.15, -0.1) is 0 Å². The monoisotopic (exact) mass is 295 g/mol. The van der Waals surface area contributed by atoms with Gasteiger partial charge < -0.3 is 10.4 Å². The van der Waals surface area contributed by atoms with E-state index in [0.29, 0.717) is 18.4 Å². The van der Waals surface area contributed by atoms with Crippen molar-refractivity contribution in [2.75, 3.05) is 6.61 Å². The molecular formula is C17H17N3O2. The average molecular weight is 295 g/mol. The van der Waals surface area contributed by atoms with Crippen LogP contribution in [0.15, 0.2) is 48.7 Å². The summed E-state index contributed by atoms with van der Waals surface area (Å²) in [6.45, 7) is 0.0777. The van der Waals surface area contributed by atoms with E-state index in [1.165, 1.54) is 12.3 Å². The lowest BCUT2D eigenvalue weighted by molar-refractivity contribution is 0.0927. The molecule has 0 aliphatic rings. The molecule has 0 bridgehead atoms. The van der Waals surface area contributed by atoms with Crippen LogP contribution in [0.5, 0.6) is 0 Å². The number of benzene rings is 1. The van der Waals surface area contributed by atoms with E-state index in [0.717, 1.165) is 5.56 Å². The molecule has 0 saturated carbocycles. The second-order valence-electron chi connectivity index (χ2n) is 4.85. The third-order valence-corrected chi connectivity index (χ3v) is 3.28. The van der Waals surface area contributed by atoms with Crippen LogP contribution in [0, 0.1) is 11.3 Å². The summed E-state index contributed by atoms with van der Waals surface area (Å²) in [7, 11) is 0. The minimum Gasteiger partial charge on any atom is -0.396 e. The summed E-state index contributed by atoms with van der Waals surface area (Å²) in [4.78, 5) is 16.3. The molecule has 1 aromatic carbocycles.